The third-order valence-corrected chi connectivity index (χ3v) is 18.0. The average molecular weight is 1240 g/mol. The molecular formula is C69H78N2O19. The molecule has 6 heterocycles. The molecule has 6 aliphatic heterocycles. The molecule has 6 aliphatic rings. The van der Waals surface area contributed by atoms with Gasteiger partial charge >= 0.3 is 0 Å². The number of imide groups is 2. The van der Waals surface area contributed by atoms with Gasteiger partial charge in [-0.2, -0.15) is 0 Å². The Bertz CT molecular complexity index is 3390. The Morgan fingerprint density at radius 1 is 0.456 bits per heavy atom. The number of hydrogen-bond acceptors (Lipinski definition) is 19. The van der Waals surface area contributed by atoms with E-state index in [1.165, 1.54) is 29.2 Å². The number of anilines is 1. The molecular weight excluding hydrogens is 1160 g/mol. The van der Waals surface area contributed by atoms with E-state index in [1.807, 2.05) is 109 Å². The molecule has 0 spiro atoms. The van der Waals surface area contributed by atoms with Crippen molar-refractivity contribution in [1.82, 2.24) is 4.90 Å². The summed E-state index contributed by atoms with van der Waals surface area (Å²) in [6.07, 6.45) is 2.38. The number of amides is 4. The van der Waals surface area contributed by atoms with Gasteiger partial charge in [0.1, 0.15) is 97.6 Å². The normalized spacial score (nSPS) is 25.3. The molecule has 4 bridgehead atoms. The minimum Gasteiger partial charge on any atom is -0.508 e. The van der Waals surface area contributed by atoms with Crippen molar-refractivity contribution in [2.24, 2.45) is 23.7 Å². The van der Waals surface area contributed by atoms with Crippen LogP contribution in [0.2, 0.25) is 0 Å². The van der Waals surface area contributed by atoms with Crippen LogP contribution in [0.3, 0.4) is 0 Å². The second-order valence-electron chi connectivity index (χ2n) is 24.8. The summed E-state index contributed by atoms with van der Waals surface area (Å²) in [5, 5.41) is 52.2. The van der Waals surface area contributed by atoms with Gasteiger partial charge in [-0.15, -0.1) is 0 Å². The zero-order valence-electron chi connectivity index (χ0n) is 51.0. The highest BCUT2D eigenvalue weighted by Gasteiger charge is 2.69. The van der Waals surface area contributed by atoms with E-state index < -0.39 is 82.8 Å². The first-order valence-electron chi connectivity index (χ1n) is 30.4. The lowest BCUT2D eigenvalue weighted by molar-refractivity contribution is -0.146. The minimum atomic E-state index is -1.14. The summed E-state index contributed by atoms with van der Waals surface area (Å²) in [5.74, 6) is -1.51. The van der Waals surface area contributed by atoms with Gasteiger partial charge in [0.25, 0.3) is 0 Å². The lowest BCUT2D eigenvalue weighted by Crippen LogP contribution is -2.44. The smallest absolute Gasteiger partial charge is 0.241 e. The number of aliphatic hydroxyl groups excluding tert-OH is 4. The first-order valence-corrected chi connectivity index (χ1v) is 30.4. The van der Waals surface area contributed by atoms with Crippen LogP contribution in [0.1, 0.15) is 56.9 Å². The number of fused-ring (bicyclic) bond motifs is 10. The molecule has 21 heteroatoms. The molecule has 21 nitrogen and oxygen atoms in total. The molecule has 0 radical (unpaired) electrons. The summed E-state index contributed by atoms with van der Waals surface area (Å²) in [7, 11) is 0. The van der Waals surface area contributed by atoms with E-state index in [0.717, 1.165) is 27.2 Å². The number of likely N-dealkylation sites (tertiary alicyclic amines) is 1. The van der Waals surface area contributed by atoms with Crippen LogP contribution in [0.25, 0.3) is 0 Å². The zero-order chi connectivity index (χ0) is 63.5. The Hall–Kier alpha value is -7.54. The number of aromatic hydroxyl groups is 1. The van der Waals surface area contributed by atoms with Gasteiger partial charge in [0, 0.05) is 17.4 Å². The molecule has 5 aromatic carbocycles. The zero-order valence-corrected chi connectivity index (χ0v) is 51.0. The number of ether oxygens (including phenoxy) is 10. The Morgan fingerprint density at radius 2 is 0.800 bits per heavy atom. The molecule has 5 aromatic rings. The Morgan fingerprint density at radius 3 is 1.17 bits per heavy atom. The summed E-state index contributed by atoms with van der Waals surface area (Å²) >= 11 is 0. The van der Waals surface area contributed by atoms with Crippen molar-refractivity contribution in [2.45, 2.75) is 93.3 Å². The maximum Gasteiger partial charge on any atom is 0.241 e. The molecule has 11 rings (SSSR count). The summed E-state index contributed by atoms with van der Waals surface area (Å²) in [4.78, 5) is 55.2. The number of phenolic OH excluding ortho intramolecular Hbond substituents is 1. The van der Waals surface area contributed by atoms with Crippen molar-refractivity contribution in [3.8, 4) is 28.7 Å². The van der Waals surface area contributed by atoms with Crippen LogP contribution in [0, 0.1) is 23.7 Å². The van der Waals surface area contributed by atoms with Gasteiger partial charge in [-0.05, 0) is 102 Å². The predicted octanol–water partition coefficient (Wildman–Crippen LogP) is 5.57. The van der Waals surface area contributed by atoms with Gasteiger partial charge in [-0.3, -0.25) is 24.1 Å². The third kappa shape index (κ3) is 13.2. The maximum absolute atomic E-state index is 13.6. The van der Waals surface area contributed by atoms with E-state index in [0.29, 0.717) is 35.2 Å². The van der Waals surface area contributed by atoms with Gasteiger partial charge in [-0.1, -0.05) is 101 Å². The van der Waals surface area contributed by atoms with E-state index in [4.69, 9.17) is 47.4 Å². The van der Waals surface area contributed by atoms with Gasteiger partial charge < -0.3 is 72.9 Å². The number of aliphatic hydroxyl groups is 4. The Balaban J connectivity index is 0.531. The first-order chi connectivity index (χ1) is 43.2. The molecule has 0 saturated carbocycles. The monoisotopic (exact) mass is 1240 g/mol. The van der Waals surface area contributed by atoms with Gasteiger partial charge in [0.15, 0.2) is 0 Å². The molecule has 4 fully saturated rings. The number of carbonyl (C=O) groups excluding carboxylic acids is 4. The van der Waals surface area contributed by atoms with Crippen LogP contribution in [0.5, 0.6) is 28.7 Å². The molecule has 0 aliphatic carbocycles. The number of benzene rings is 5. The summed E-state index contributed by atoms with van der Waals surface area (Å²) in [6.45, 7) is 10.0. The van der Waals surface area contributed by atoms with Crippen LogP contribution < -0.4 is 23.8 Å². The molecule has 4 amide bonds. The van der Waals surface area contributed by atoms with Crippen molar-refractivity contribution < 1.29 is 92.1 Å². The average Bonchev–Trinajstić information content (AvgIpc) is 1.55. The van der Waals surface area contributed by atoms with Crippen molar-refractivity contribution >= 4 is 29.3 Å². The molecule has 90 heavy (non-hydrogen) atoms. The SMILES string of the molecule is CCN1C(=O)C2C3C=CC(COCC(O)COc4ccc(C(C)(C)c5ccc(OCC(O)COCOCC(O)COc6ccc(C(C)(C)c7ccc(OCC(O)COCC89C=CC(O8)C8C(=O)N(c%10ccc(O)cc%10)C(=O)C89)cc7)cc6)cc5)cc4)(O3)C2C1=O. The Labute approximate surface area is 522 Å². The number of carbonyl (C=O) groups is 4. The van der Waals surface area contributed by atoms with Crippen molar-refractivity contribution in [2.75, 3.05) is 84.3 Å². The molecule has 478 valence electrons. The van der Waals surface area contributed by atoms with Gasteiger partial charge in [0.2, 0.25) is 23.6 Å². The summed E-state index contributed by atoms with van der Waals surface area (Å²) in [5.41, 5.74) is 1.56. The fraction of sp³-hybridized carbons (Fsp3) is 0.449. The van der Waals surface area contributed by atoms with E-state index in [2.05, 4.69) is 27.7 Å². The topological polar surface area (TPSA) is 268 Å². The second-order valence-corrected chi connectivity index (χ2v) is 24.8. The van der Waals surface area contributed by atoms with Crippen molar-refractivity contribution in [3.63, 3.8) is 0 Å². The highest BCUT2D eigenvalue weighted by molar-refractivity contribution is 6.23. The fourth-order valence-corrected chi connectivity index (χ4v) is 12.9. The lowest BCUT2D eigenvalue weighted by atomic mass is 9.77. The summed E-state index contributed by atoms with van der Waals surface area (Å²) < 4.78 is 58.4. The number of hydrogen-bond donors (Lipinski definition) is 5. The quantitative estimate of drug-likeness (QED) is 0.0152. The standard InChI is InChI=1S/C69H78N2O19/c1-6-70-62(77)58-56-27-29-68(89-56,60(58)64(70)79)39-81-31-48(73)35-85-52-19-7-42(8-20-52)66(2,3)44-11-23-54(24-12-44)87-37-50(75)33-83-41-84-34-51(76)38-88-55-25-13-45(14-26-55)67(4,5)43-9-21-53(22-10-43)86-36-49(74)32-82-40-69-30-28-57(90-69)59-61(69)65(80)71(63(59)78)46-15-17-47(72)18-16-46/h7-30,48-51,56-61,72-76H,6,31-41H2,1-5H3. The van der Waals surface area contributed by atoms with Gasteiger partial charge in [-0.25, -0.2) is 4.90 Å². The van der Waals surface area contributed by atoms with Crippen LogP contribution >= 0.6 is 0 Å². The predicted molar refractivity (Wildman–Crippen MR) is 325 cm³/mol. The van der Waals surface area contributed by atoms with E-state index in [-0.39, 0.29) is 102 Å². The van der Waals surface area contributed by atoms with Crippen LogP contribution in [0.4, 0.5) is 5.69 Å². The molecule has 4 saturated heterocycles. The van der Waals surface area contributed by atoms with Crippen molar-refractivity contribution in [1.29, 1.82) is 0 Å². The van der Waals surface area contributed by atoms with Crippen LogP contribution in [-0.2, 0) is 58.4 Å². The fourth-order valence-electron chi connectivity index (χ4n) is 12.9. The first kappa shape index (κ1) is 64.0. The van der Waals surface area contributed by atoms with Gasteiger partial charge in [0.05, 0.1) is 81.2 Å². The molecule has 12 unspecified atom stereocenters. The second kappa shape index (κ2) is 26.7. The Kier molecular flexibility index (Phi) is 19.0. The highest BCUT2D eigenvalue weighted by atomic mass is 16.7. The number of nitrogens with zero attached hydrogens (tertiary/aromatic N) is 2. The third-order valence-electron chi connectivity index (χ3n) is 18.0. The van der Waals surface area contributed by atoms with E-state index >= 15 is 0 Å². The van der Waals surface area contributed by atoms with E-state index in [9.17, 15) is 44.7 Å². The number of rotatable bonds is 32. The number of phenols is 1. The van der Waals surface area contributed by atoms with Crippen LogP contribution in [-0.4, -0.2) is 181 Å². The van der Waals surface area contributed by atoms with E-state index in [1.54, 1.807) is 19.1 Å². The largest absolute Gasteiger partial charge is 0.508 e. The molecule has 12 atom stereocenters. The lowest BCUT2D eigenvalue weighted by Gasteiger charge is -2.29. The summed E-state index contributed by atoms with van der Waals surface area (Å²) in [6, 6.07) is 36.4. The highest BCUT2D eigenvalue weighted by Crippen LogP contribution is 2.54. The van der Waals surface area contributed by atoms with Crippen LogP contribution in [0.15, 0.2) is 146 Å². The minimum absolute atomic E-state index is 0.0131. The van der Waals surface area contributed by atoms with Crippen molar-refractivity contribution in [3.05, 3.63) is 168 Å². The maximum atomic E-state index is 13.6. The molecule has 0 aromatic heterocycles. The molecule has 5 N–H and O–H groups in total.